The molecule has 6 rings (SSSR count). The zero-order valence-electron chi connectivity index (χ0n) is 32.0. The topological polar surface area (TPSA) is 166 Å². The van der Waals surface area contributed by atoms with Gasteiger partial charge in [0.1, 0.15) is 29.6 Å². The molecule has 294 valence electrons. The highest BCUT2D eigenvalue weighted by molar-refractivity contribution is 5.84. The highest BCUT2D eigenvalue weighted by Gasteiger charge is 2.41. The Morgan fingerprint density at radius 3 is 2.60 bits per heavy atom. The number of hydrogen-bond acceptors (Lipinski definition) is 10. The molecule has 14 atom stereocenters. The third-order valence-electron chi connectivity index (χ3n) is 14.0. The van der Waals surface area contributed by atoms with Gasteiger partial charge in [-0.15, -0.1) is 4.99 Å². The number of piperidine rings is 2. The number of methoxy groups -OCH3 is 1. The first-order valence-corrected chi connectivity index (χ1v) is 21.1. The lowest BCUT2D eigenvalue weighted by molar-refractivity contribution is -0.125. The summed E-state index contributed by atoms with van der Waals surface area (Å²) >= 11 is 0. The molecule has 4 fully saturated rings. The van der Waals surface area contributed by atoms with E-state index in [4.69, 9.17) is 10.5 Å². The van der Waals surface area contributed by atoms with Gasteiger partial charge in [0.15, 0.2) is 6.21 Å². The van der Waals surface area contributed by atoms with Crippen molar-refractivity contribution in [3.8, 4) is 11.8 Å². The second-order valence-corrected chi connectivity index (χ2v) is 17.6. The van der Waals surface area contributed by atoms with Gasteiger partial charge in [-0.05, 0) is 119 Å². The fourth-order valence-electron chi connectivity index (χ4n) is 10.7. The van der Waals surface area contributed by atoms with Gasteiger partial charge in [-0.2, -0.15) is 0 Å². The van der Waals surface area contributed by atoms with E-state index in [0.29, 0.717) is 93.3 Å². The van der Waals surface area contributed by atoms with Crippen molar-refractivity contribution in [2.24, 2.45) is 58.1 Å². The summed E-state index contributed by atoms with van der Waals surface area (Å²) in [7, 11) is 1.64. The van der Waals surface area contributed by atoms with Gasteiger partial charge in [0.25, 0.3) is 0 Å². The van der Waals surface area contributed by atoms with Gasteiger partial charge in [0.05, 0.1) is 36.7 Å². The molecule has 53 heavy (non-hydrogen) atoms. The van der Waals surface area contributed by atoms with Crippen molar-refractivity contribution >= 4 is 17.8 Å². The van der Waals surface area contributed by atoms with Crippen LogP contribution in [0, 0.1) is 65.7 Å². The maximum atomic E-state index is 13.6. The molecule has 0 spiro atoms. The summed E-state index contributed by atoms with van der Waals surface area (Å²) in [5.74, 6) is 8.77. The normalized spacial score (nSPS) is 38.5. The zero-order valence-corrected chi connectivity index (χ0v) is 32.0. The molecule has 10 nitrogen and oxygen atoms in total. The van der Waals surface area contributed by atoms with Gasteiger partial charge in [0.2, 0.25) is 0 Å². The van der Waals surface area contributed by atoms with E-state index in [2.05, 4.69) is 33.5 Å². The minimum atomic E-state index is -0.801. The Bertz CT molecular complexity index is 1340. The number of Topliss-reactive ketones (excluding diaryl/α,β-unsaturated/α-hetero) is 2. The van der Waals surface area contributed by atoms with E-state index >= 15 is 0 Å². The van der Waals surface area contributed by atoms with Crippen molar-refractivity contribution < 1.29 is 29.6 Å². The number of allylic oxidation sites excluding steroid dienone is 1. The molecule has 0 amide bonds. The second-order valence-electron chi connectivity index (χ2n) is 17.6. The molecule has 0 aromatic rings. The quantitative estimate of drug-likeness (QED) is 0.0820. The first-order valence-electron chi connectivity index (χ1n) is 21.1. The van der Waals surface area contributed by atoms with E-state index in [1.54, 1.807) is 7.11 Å². The molecule has 6 aliphatic rings. The van der Waals surface area contributed by atoms with E-state index in [1.807, 2.05) is 12.8 Å². The molecule has 2 saturated carbocycles. The van der Waals surface area contributed by atoms with Crippen LogP contribution in [0.3, 0.4) is 0 Å². The van der Waals surface area contributed by atoms with Crippen LogP contribution in [0.5, 0.6) is 0 Å². The number of rotatable bonds is 15. The average molecular weight is 736 g/mol. The summed E-state index contributed by atoms with van der Waals surface area (Å²) in [5.41, 5.74) is 7.55. The van der Waals surface area contributed by atoms with Gasteiger partial charge in [-0.1, -0.05) is 24.7 Å². The monoisotopic (exact) mass is 736 g/mol. The summed E-state index contributed by atoms with van der Waals surface area (Å²) in [6, 6.07) is 0.354. The number of ketones is 2. The maximum Gasteiger partial charge on any atom is 0.176 e. The summed E-state index contributed by atoms with van der Waals surface area (Å²) in [6.45, 7) is 3.67. The summed E-state index contributed by atoms with van der Waals surface area (Å²) in [5, 5.41) is 40.8. The number of aliphatic hydroxyl groups is 3. The zero-order chi connectivity index (χ0) is 37.3. The third kappa shape index (κ3) is 11.2. The Labute approximate surface area is 317 Å². The van der Waals surface area contributed by atoms with Crippen LogP contribution in [0.25, 0.3) is 0 Å². The van der Waals surface area contributed by atoms with Crippen LogP contribution in [-0.2, 0) is 14.3 Å². The largest absolute Gasteiger partial charge is 0.393 e. The lowest BCUT2D eigenvalue weighted by Crippen LogP contribution is -2.49. The maximum absolute atomic E-state index is 13.6. The highest BCUT2D eigenvalue weighted by Crippen LogP contribution is 2.42. The summed E-state index contributed by atoms with van der Waals surface area (Å²) in [6.07, 6.45) is 16.0. The van der Waals surface area contributed by atoms with Gasteiger partial charge in [-0.3, -0.25) is 9.59 Å². The summed E-state index contributed by atoms with van der Waals surface area (Å²) < 4.78 is 5.66. The second kappa shape index (κ2) is 19.7. The SMILES string of the molecule is COC1CC2CCC(=O)[C@@H]([C@H](O)CCCC[C@H]3CN[C@@H]4CC(=O)CC[C@H]4C3)C#C[C@@H](CC[C@H](O)CCC3CC(N)NCC3CC3=C[CH+]N=C3)C2CC1O. The lowest BCUT2D eigenvalue weighted by Gasteiger charge is -2.41. The van der Waals surface area contributed by atoms with E-state index < -0.39 is 24.2 Å². The predicted octanol–water partition coefficient (Wildman–Crippen LogP) is 4.25. The fraction of sp³-hybridized carbons (Fsp3) is 0.814. The smallest absolute Gasteiger partial charge is 0.176 e. The number of carbonyl (C=O) groups excluding carboxylic acids is 2. The Hall–Kier alpha value is -2.10. The molecule has 0 aromatic heterocycles. The van der Waals surface area contributed by atoms with Crippen molar-refractivity contribution in [3.05, 3.63) is 18.2 Å². The number of hydrogen-bond donors (Lipinski definition) is 6. The molecule has 3 heterocycles. The van der Waals surface area contributed by atoms with E-state index in [9.17, 15) is 24.9 Å². The van der Waals surface area contributed by atoms with Gasteiger partial charge < -0.3 is 36.4 Å². The molecular weight excluding hydrogens is 668 g/mol. The Morgan fingerprint density at radius 2 is 1.79 bits per heavy atom. The van der Waals surface area contributed by atoms with Crippen LogP contribution in [-0.4, -0.2) is 89.9 Å². The molecule has 7 N–H and O–H groups in total. The number of aliphatic imine (C=N–C) groups is 1. The lowest BCUT2D eigenvalue weighted by atomic mass is 9.67. The Kier molecular flexibility index (Phi) is 15.0. The van der Waals surface area contributed by atoms with Gasteiger partial charge in [0, 0.05) is 51.3 Å². The average Bonchev–Trinajstić information content (AvgIpc) is 3.68. The van der Waals surface area contributed by atoms with Crippen LogP contribution < -0.4 is 16.4 Å². The van der Waals surface area contributed by atoms with E-state index in [1.165, 1.54) is 12.0 Å². The van der Waals surface area contributed by atoms with Crippen LogP contribution in [0.4, 0.5) is 0 Å². The van der Waals surface area contributed by atoms with Gasteiger partial charge in [-0.25, -0.2) is 0 Å². The number of nitrogens with zero attached hydrogens (tertiary/aromatic N) is 1. The number of ether oxygens (including phenoxy) is 1. The number of aliphatic hydroxyl groups excluding tert-OH is 3. The first-order chi connectivity index (χ1) is 25.7. The molecule has 10 heteroatoms. The van der Waals surface area contributed by atoms with Gasteiger partial charge >= 0.3 is 0 Å². The van der Waals surface area contributed by atoms with Crippen LogP contribution >= 0.6 is 0 Å². The van der Waals surface area contributed by atoms with E-state index in [0.717, 1.165) is 64.5 Å². The molecule has 7 unspecified atom stereocenters. The summed E-state index contributed by atoms with van der Waals surface area (Å²) in [4.78, 5) is 29.7. The molecule has 3 aliphatic carbocycles. The van der Waals surface area contributed by atoms with E-state index in [-0.39, 0.29) is 35.8 Å². The fourth-order valence-corrected chi connectivity index (χ4v) is 10.7. The number of nitrogens with two attached hydrogens (primary N) is 1. The minimum Gasteiger partial charge on any atom is -0.393 e. The van der Waals surface area contributed by atoms with Crippen molar-refractivity contribution in [1.82, 2.24) is 10.6 Å². The molecule has 2 saturated heterocycles. The number of carbonyl (C=O) groups is 2. The van der Waals surface area contributed by atoms with Crippen molar-refractivity contribution in [3.63, 3.8) is 0 Å². The van der Waals surface area contributed by atoms with Crippen LogP contribution in [0.2, 0.25) is 0 Å². The number of nitrogens with one attached hydrogen (secondary N) is 2. The standard InChI is InChI=1S/C43H67N4O6/c1-53-42-20-31-10-15-40(51)36(39(50)5-3-2-4-27-18-32-8-13-35(49)22-38(32)46-25-27)14-9-29(37(31)23-41(42)52)6-11-34(48)12-7-30-21-43(44)47-26-33(30)19-28-16-17-45-24-28/h16-17,24,27,29-34,36-39,41-43,46-48,50,52H,2-8,10-13,15,18-23,25-26,44H2,1H3/q+1/t27-,29-,30?,31?,32+,33?,34+,36-,37?,38-,39-,41?,42?,43?/m1/s1. The van der Waals surface area contributed by atoms with Crippen LogP contribution in [0.15, 0.2) is 16.6 Å². The Morgan fingerprint density at radius 1 is 0.962 bits per heavy atom. The molecule has 0 radical (unpaired) electrons. The molecule has 0 bridgehead atoms. The number of unbranched alkanes of at least 4 members (excludes halogenated alkanes) is 1. The van der Waals surface area contributed by atoms with Crippen molar-refractivity contribution in [2.45, 2.75) is 152 Å². The third-order valence-corrected chi connectivity index (χ3v) is 14.0. The highest BCUT2D eigenvalue weighted by atomic mass is 16.5. The van der Waals surface area contributed by atoms with Crippen molar-refractivity contribution in [1.29, 1.82) is 0 Å². The molecular formula is C43H67N4O6+. The van der Waals surface area contributed by atoms with Crippen molar-refractivity contribution in [2.75, 3.05) is 20.2 Å². The predicted molar refractivity (Wildman–Crippen MR) is 206 cm³/mol. The van der Waals surface area contributed by atoms with Crippen LogP contribution in [0.1, 0.15) is 116 Å². The first kappa shape index (κ1) is 40.6. The minimum absolute atomic E-state index is 0.0196. The molecule has 0 aromatic carbocycles. The Balaban J connectivity index is 1.03. The number of fused-ring (bicyclic) bond motifs is 2. The molecule has 3 aliphatic heterocycles.